The maximum atomic E-state index is 12.6. The number of quaternary nitrogens is 1. The monoisotopic (exact) mass is 411 g/mol. The fraction of sp³-hybridized carbons (Fsp3) is 0.318. The van der Waals surface area contributed by atoms with Crippen LogP contribution in [-0.4, -0.2) is 49.8 Å². The molecular formula is C22H27N4O4+. The number of methoxy groups -OCH3 is 2. The number of ether oxygens (including phenoxy) is 2. The van der Waals surface area contributed by atoms with Crippen molar-refractivity contribution >= 4 is 16.8 Å². The van der Waals surface area contributed by atoms with E-state index in [1.165, 1.54) is 0 Å². The van der Waals surface area contributed by atoms with E-state index in [4.69, 9.17) is 9.47 Å². The highest BCUT2D eigenvalue weighted by atomic mass is 16.5. The normalized spacial score (nSPS) is 11.9. The third-order valence-corrected chi connectivity index (χ3v) is 4.82. The van der Waals surface area contributed by atoms with Crippen LogP contribution in [0.25, 0.3) is 10.9 Å². The molecule has 3 aromatic rings. The summed E-state index contributed by atoms with van der Waals surface area (Å²) in [5, 5.41) is 3.48. The minimum absolute atomic E-state index is 0.102. The van der Waals surface area contributed by atoms with Gasteiger partial charge in [-0.15, -0.1) is 0 Å². The first-order valence-electron chi connectivity index (χ1n) is 9.79. The highest BCUT2D eigenvalue weighted by molar-refractivity contribution is 5.77. The Bertz CT molecular complexity index is 1050. The van der Waals surface area contributed by atoms with E-state index in [9.17, 15) is 9.59 Å². The summed E-state index contributed by atoms with van der Waals surface area (Å²) in [4.78, 5) is 33.2. The van der Waals surface area contributed by atoms with E-state index in [-0.39, 0.29) is 18.0 Å². The molecule has 1 heterocycles. The van der Waals surface area contributed by atoms with Gasteiger partial charge in [0.15, 0.2) is 12.4 Å². The zero-order chi connectivity index (χ0) is 21.3. The molecule has 1 amide bonds. The quantitative estimate of drug-likeness (QED) is 0.445. The van der Waals surface area contributed by atoms with Gasteiger partial charge >= 0.3 is 0 Å². The average molecular weight is 411 g/mol. The number of fused-ring (bicyclic) bond motifs is 1. The molecule has 1 unspecified atom stereocenters. The molecule has 0 spiro atoms. The van der Waals surface area contributed by atoms with E-state index in [0.29, 0.717) is 43.0 Å². The minimum atomic E-state index is -0.178. The average Bonchev–Trinajstić information content (AvgIpc) is 2.76. The number of hydrogen-bond acceptors (Lipinski definition) is 5. The molecule has 0 saturated carbocycles. The molecule has 0 aliphatic carbocycles. The highest BCUT2D eigenvalue weighted by Gasteiger charge is 2.17. The lowest BCUT2D eigenvalue weighted by molar-refractivity contribution is -0.906. The predicted octanol–water partition coefficient (Wildman–Crippen LogP) is 0.279. The van der Waals surface area contributed by atoms with E-state index >= 15 is 0 Å². The largest absolute Gasteiger partial charge is 0.496 e. The number of nitrogens with one attached hydrogen (secondary N) is 3. The maximum absolute atomic E-state index is 12.6. The van der Waals surface area contributed by atoms with Crippen molar-refractivity contribution in [1.29, 1.82) is 0 Å². The minimum Gasteiger partial charge on any atom is -0.496 e. The third-order valence-electron chi connectivity index (χ3n) is 4.82. The number of carbonyl (C=O) groups excluding carboxylic acids is 1. The Morgan fingerprint density at radius 3 is 2.70 bits per heavy atom. The molecular weight excluding hydrogens is 384 g/mol. The summed E-state index contributed by atoms with van der Waals surface area (Å²) in [6.07, 6.45) is 0. The first kappa shape index (κ1) is 21.5. The predicted molar refractivity (Wildman–Crippen MR) is 113 cm³/mol. The van der Waals surface area contributed by atoms with Crippen molar-refractivity contribution in [3.05, 3.63) is 70.3 Å². The number of amides is 1. The molecule has 1 atom stereocenters. The molecule has 0 saturated heterocycles. The van der Waals surface area contributed by atoms with Crippen molar-refractivity contribution in [2.75, 3.05) is 33.9 Å². The Kier molecular flexibility index (Phi) is 7.53. The molecule has 3 N–H and O–H groups in total. The molecule has 8 nitrogen and oxygen atoms in total. The van der Waals surface area contributed by atoms with E-state index in [0.717, 1.165) is 16.2 Å². The van der Waals surface area contributed by atoms with E-state index in [1.807, 2.05) is 36.4 Å². The number of carbonyl (C=O) groups is 1. The molecule has 30 heavy (non-hydrogen) atoms. The lowest BCUT2D eigenvalue weighted by atomic mass is 10.2. The van der Waals surface area contributed by atoms with Gasteiger partial charge in [-0.25, -0.2) is 4.98 Å². The fourth-order valence-corrected chi connectivity index (χ4v) is 3.27. The zero-order valence-corrected chi connectivity index (χ0v) is 17.2. The van der Waals surface area contributed by atoms with Crippen LogP contribution in [0.3, 0.4) is 0 Å². The fourth-order valence-electron chi connectivity index (χ4n) is 3.27. The van der Waals surface area contributed by atoms with Gasteiger partial charge in [-0.1, -0.05) is 30.3 Å². The van der Waals surface area contributed by atoms with E-state index < -0.39 is 0 Å². The SMILES string of the molecule is COCC[NH+](CC(=O)NCc1ccccc1OC)Cc1nc2ccccc2c(=O)[nH]1. The van der Waals surface area contributed by atoms with Crippen LogP contribution in [0.2, 0.25) is 0 Å². The molecule has 3 rings (SSSR count). The van der Waals surface area contributed by atoms with Crippen molar-refractivity contribution in [3.8, 4) is 5.75 Å². The topological polar surface area (TPSA) is 97.8 Å². The molecule has 0 bridgehead atoms. The van der Waals surface area contributed by atoms with Gasteiger partial charge in [0.05, 0.1) is 24.6 Å². The number of benzene rings is 2. The van der Waals surface area contributed by atoms with Crippen LogP contribution < -0.4 is 20.5 Å². The number of para-hydroxylation sites is 2. The standard InChI is InChI=1S/C22H26N4O4/c1-29-12-11-26(14-20-24-18-9-5-4-8-17(18)22(28)25-20)15-21(27)23-13-16-7-3-6-10-19(16)30-2/h3-10H,11-15H2,1-2H3,(H,23,27)(H,24,25,28)/p+1. The molecule has 2 aromatic carbocycles. The molecule has 0 fully saturated rings. The van der Waals surface area contributed by atoms with Gasteiger partial charge in [0.1, 0.15) is 18.8 Å². The van der Waals surface area contributed by atoms with Gasteiger partial charge in [0.25, 0.3) is 11.5 Å². The van der Waals surface area contributed by atoms with Crippen molar-refractivity contribution in [3.63, 3.8) is 0 Å². The number of hydrogen-bond donors (Lipinski definition) is 3. The number of H-pyrrole nitrogens is 1. The van der Waals surface area contributed by atoms with Gasteiger partial charge in [-0.05, 0) is 18.2 Å². The Morgan fingerprint density at radius 2 is 1.90 bits per heavy atom. The van der Waals surface area contributed by atoms with Gasteiger partial charge in [0.2, 0.25) is 0 Å². The third kappa shape index (κ3) is 5.65. The summed E-state index contributed by atoms with van der Waals surface area (Å²) in [7, 11) is 3.23. The summed E-state index contributed by atoms with van der Waals surface area (Å²) in [5.41, 5.74) is 1.37. The van der Waals surface area contributed by atoms with Crippen molar-refractivity contribution in [2.45, 2.75) is 13.1 Å². The van der Waals surface area contributed by atoms with Gasteiger partial charge in [-0.3, -0.25) is 9.59 Å². The number of aromatic amines is 1. The number of nitrogens with zero attached hydrogens (tertiary/aromatic N) is 1. The van der Waals surface area contributed by atoms with Gasteiger partial charge in [-0.2, -0.15) is 0 Å². The molecule has 8 heteroatoms. The van der Waals surface area contributed by atoms with Crippen LogP contribution in [0, 0.1) is 0 Å². The summed E-state index contributed by atoms with van der Waals surface area (Å²) < 4.78 is 10.5. The van der Waals surface area contributed by atoms with Crippen LogP contribution in [0.1, 0.15) is 11.4 Å². The van der Waals surface area contributed by atoms with Crippen LogP contribution in [0.15, 0.2) is 53.3 Å². The Labute approximate surface area is 174 Å². The van der Waals surface area contributed by atoms with Gasteiger partial charge < -0.3 is 24.7 Å². The summed E-state index contributed by atoms with van der Waals surface area (Å²) >= 11 is 0. The van der Waals surface area contributed by atoms with E-state index in [1.54, 1.807) is 26.4 Å². The maximum Gasteiger partial charge on any atom is 0.275 e. The summed E-state index contributed by atoms with van der Waals surface area (Å²) in [6.45, 7) is 2.12. The number of aromatic nitrogens is 2. The lowest BCUT2D eigenvalue weighted by Crippen LogP contribution is -3.12. The second-order valence-corrected chi connectivity index (χ2v) is 6.96. The van der Waals surface area contributed by atoms with Crippen molar-refractivity contribution < 1.29 is 19.2 Å². The molecule has 0 aliphatic heterocycles. The molecule has 158 valence electrons. The molecule has 0 radical (unpaired) electrons. The number of rotatable bonds is 10. The molecule has 1 aromatic heterocycles. The van der Waals surface area contributed by atoms with Crippen LogP contribution >= 0.6 is 0 Å². The van der Waals surface area contributed by atoms with Crippen molar-refractivity contribution in [1.82, 2.24) is 15.3 Å². The highest BCUT2D eigenvalue weighted by Crippen LogP contribution is 2.16. The smallest absolute Gasteiger partial charge is 0.275 e. The Balaban J connectivity index is 1.67. The Hall–Kier alpha value is -3.23. The van der Waals surface area contributed by atoms with Crippen LogP contribution in [0.4, 0.5) is 0 Å². The van der Waals surface area contributed by atoms with Gasteiger partial charge in [0, 0.05) is 19.2 Å². The van der Waals surface area contributed by atoms with Crippen LogP contribution in [-0.2, 0) is 22.6 Å². The zero-order valence-electron chi connectivity index (χ0n) is 17.2. The second kappa shape index (κ2) is 10.5. The first-order valence-corrected chi connectivity index (χ1v) is 9.79. The first-order chi connectivity index (χ1) is 14.6. The van der Waals surface area contributed by atoms with Crippen molar-refractivity contribution in [2.24, 2.45) is 0 Å². The Morgan fingerprint density at radius 1 is 1.13 bits per heavy atom. The van der Waals surface area contributed by atoms with E-state index in [2.05, 4.69) is 15.3 Å². The lowest BCUT2D eigenvalue weighted by Gasteiger charge is -2.18. The molecule has 0 aliphatic rings. The van der Waals surface area contributed by atoms with Crippen LogP contribution in [0.5, 0.6) is 5.75 Å². The second-order valence-electron chi connectivity index (χ2n) is 6.96. The summed E-state index contributed by atoms with van der Waals surface area (Å²) in [5.74, 6) is 1.18. The summed E-state index contributed by atoms with van der Waals surface area (Å²) in [6, 6.07) is 14.8.